The van der Waals surface area contributed by atoms with E-state index in [4.69, 9.17) is 4.98 Å². The molecule has 3 aliphatic rings. The van der Waals surface area contributed by atoms with Crippen molar-refractivity contribution in [2.75, 3.05) is 24.5 Å². The van der Waals surface area contributed by atoms with Gasteiger partial charge in [0.25, 0.3) is 5.91 Å². The fraction of sp³-hybridized carbons (Fsp3) is 0.500. The number of hydrogen-bond donors (Lipinski definition) is 1. The number of rotatable bonds is 3. The van der Waals surface area contributed by atoms with Crippen LogP contribution in [0.1, 0.15) is 71.4 Å². The lowest BCUT2D eigenvalue weighted by Gasteiger charge is -2.28. The molecule has 1 atom stereocenters. The largest absolute Gasteiger partial charge is 0.356 e. The molecule has 1 saturated carbocycles. The summed E-state index contributed by atoms with van der Waals surface area (Å²) in [5.74, 6) is 2.95. The minimum atomic E-state index is -0.0289. The van der Waals surface area contributed by atoms with E-state index >= 15 is 0 Å². The monoisotopic (exact) mass is 362 g/mol. The SMILES string of the molecule is O=C1NCCc2c1nc(C1CC1)nc2N1CCCC(c2ccccc2)CC1. The molecule has 1 aliphatic carbocycles. The number of nitrogens with zero attached hydrogens (tertiary/aromatic N) is 3. The minimum absolute atomic E-state index is 0.0289. The Morgan fingerprint density at radius 2 is 1.81 bits per heavy atom. The van der Waals surface area contributed by atoms with E-state index in [1.165, 1.54) is 12.0 Å². The summed E-state index contributed by atoms with van der Waals surface area (Å²) in [7, 11) is 0. The van der Waals surface area contributed by atoms with Gasteiger partial charge in [-0.3, -0.25) is 4.79 Å². The predicted molar refractivity (Wildman–Crippen MR) is 105 cm³/mol. The molecule has 2 aliphatic heterocycles. The van der Waals surface area contributed by atoms with Gasteiger partial charge in [-0.05, 0) is 50.0 Å². The molecule has 1 aromatic carbocycles. The van der Waals surface area contributed by atoms with E-state index in [2.05, 4.69) is 45.5 Å². The van der Waals surface area contributed by atoms with Gasteiger partial charge in [-0.25, -0.2) is 9.97 Å². The highest BCUT2D eigenvalue weighted by molar-refractivity contribution is 5.96. The number of anilines is 1. The van der Waals surface area contributed by atoms with E-state index in [1.54, 1.807) is 0 Å². The van der Waals surface area contributed by atoms with Crippen LogP contribution in [0.3, 0.4) is 0 Å². The van der Waals surface area contributed by atoms with Crippen molar-refractivity contribution in [1.82, 2.24) is 15.3 Å². The summed E-state index contributed by atoms with van der Waals surface area (Å²) in [6.07, 6.45) is 6.63. The average molecular weight is 362 g/mol. The van der Waals surface area contributed by atoms with Gasteiger partial charge in [0, 0.05) is 31.1 Å². The van der Waals surface area contributed by atoms with Crippen LogP contribution in [0.2, 0.25) is 0 Å². The fourth-order valence-corrected chi connectivity index (χ4v) is 4.44. The van der Waals surface area contributed by atoms with Gasteiger partial charge in [0.15, 0.2) is 0 Å². The fourth-order valence-electron chi connectivity index (χ4n) is 4.44. The number of carbonyl (C=O) groups is 1. The number of carbonyl (C=O) groups excluding carboxylic acids is 1. The van der Waals surface area contributed by atoms with Crippen molar-refractivity contribution in [3.8, 4) is 0 Å². The quantitative estimate of drug-likeness (QED) is 0.909. The van der Waals surface area contributed by atoms with Gasteiger partial charge in [0.1, 0.15) is 17.3 Å². The van der Waals surface area contributed by atoms with Crippen LogP contribution in [-0.4, -0.2) is 35.5 Å². The van der Waals surface area contributed by atoms with E-state index in [1.807, 2.05) is 0 Å². The van der Waals surface area contributed by atoms with Crippen molar-refractivity contribution < 1.29 is 4.79 Å². The third-order valence-electron chi connectivity index (χ3n) is 6.12. The minimum Gasteiger partial charge on any atom is -0.356 e. The topological polar surface area (TPSA) is 58.1 Å². The Morgan fingerprint density at radius 3 is 2.63 bits per heavy atom. The maximum atomic E-state index is 12.4. The molecule has 1 aromatic heterocycles. The molecular formula is C22H26N4O. The first-order chi connectivity index (χ1) is 13.3. The lowest BCUT2D eigenvalue weighted by molar-refractivity contribution is 0.0940. The zero-order valence-electron chi connectivity index (χ0n) is 15.7. The summed E-state index contributed by atoms with van der Waals surface area (Å²) in [5.41, 5.74) is 3.13. The van der Waals surface area contributed by atoms with Crippen LogP contribution in [0.4, 0.5) is 5.82 Å². The maximum Gasteiger partial charge on any atom is 0.270 e. The number of fused-ring (bicyclic) bond motifs is 1. The second kappa shape index (κ2) is 6.95. The van der Waals surface area contributed by atoms with E-state index in [9.17, 15) is 4.79 Å². The summed E-state index contributed by atoms with van der Waals surface area (Å²) in [6, 6.07) is 10.9. The summed E-state index contributed by atoms with van der Waals surface area (Å²) in [4.78, 5) is 24.5. The Labute approximate surface area is 160 Å². The Hall–Kier alpha value is -2.43. The molecule has 1 saturated heterocycles. The van der Waals surface area contributed by atoms with Crippen LogP contribution in [0.5, 0.6) is 0 Å². The molecule has 5 heteroatoms. The molecule has 140 valence electrons. The van der Waals surface area contributed by atoms with Crippen LogP contribution >= 0.6 is 0 Å². The van der Waals surface area contributed by atoms with Crippen LogP contribution in [0.15, 0.2) is 30.3 Å². The van der Waals surface area contributed by atoms with Crippen LogP contribution in [-0.2, 0) is 6.42 Å². The van der Waals surface area contributed by atoms with E-state index < -0.39 is 0 Å². The molecule has 0 radical (unpaired) electrons. The third-order valence-corrected chi connectivity index (χ3v) is 6.12. The predicted octanol–water partition coefficient (Wildman–Crippen LogP) is 3.41. The molecule has 0 bridgehead atoms. The number of aromatic nitrogens is 2. The Balaban J connectivity index is 1.45. The zero-order chi connectivity index (χ0) is 18.2. The first-order valence-corrected chi connectivity index (χ1v) is 10.3. The van der Waals surface area contributed by atoms with Crippen molar-refractivity contribution in [1.29, 1.82) is 0 Å². The first kappa shape index (κ1) is 16.7. The molecule has 2 aromatic rings. The lowest BCUT2D eigenvalue weighted by atomic mass is 9.92. The van der Waals surface area contributed by atoms with Gasteiger partial charge < -0.3 is 10.2 Å². The van der Waals surface area contributed by atoms with Crippen molar-refractivity contribution in [2.24, 2.45) is 0 Å². The molecule has 1 unspecified atom stereocenters. The molecule has 2 fully saturated rings. The molecular weight excluding hydrogens is 336 g/mol. The van der Waals surface area contributed by atoms with E-state index in [0.717, 1.165) is 62.4 Å². The van der Waals surface area contributed by atoms with Crippen molar-refractivity contribution in [3.05, 3.63) is 53.0 Å². The second-order valence-corrected chi connectivity index (χ2v) is 8.04. The van der Waals surface area contributed by atoms with Crippen molar-refractivity contribution in [3.63, 3.8) is 0 Å². The highest BCUT2D eigenvalue weighted by Crippen LogP contribution is 2.40. The van der Waals surface area contributed by atoms with Crippen molar-refractivity contribution in [2.45, 2.75) is 50.4 Å². The molecule has 5 rings (SSSR count). The molecule has 5 nitrogen and oxygen atoms in total. The first-order valence-electron chi connectivity index (χ1n) is 10.3. The number of nitrogens with one attached hydrogen (secondary N) is 1. The lowest BCUT2D eigenvalue weighted by Crippen LogP contribution is -2.36. The molecule has 27 heavy (non-hydrogen) atoms. The summed E-state index contributed by atoms with van der Waals surface area (Å²) < 4.78 is 0. The number of benzene rings is 1. The van der Waals surface area contributed by atoms with Gasteiger partial charge in [-0.2, -0.15) is 0 Å². The van der Waals surface area contributed by atoms with Gasteiger partial charge in [-0.1, -0.05) is 30.3 Å². The summed E-state index contributed by atoms with van der Waals surface area (Å²) in [6.45, 7) is 2.69. The average Bonchev–Trinajstić information content (AvgIpc) is 3.55. The molecule has 3 heterocycles. The smallest absolute Gasteiger partial charge is 0.270 e. The third kappa shape index (κ3) is 3.31. The normalized spacial score (nSPS) is 22.7. The highest BCUT2D eigenvalue weighted by Gasteiger charge is 2.33. The maximum absolute atomic E-state index is 12.4. The Morgan fingerprint density at radius 1 is 0.963 bits per heavy atom. The Kier molecular flexibility index (Phi) is 4.30. The number of hydrogen-bond acceptors (Lipinski definition) is 4. The van der Waals surface area contributed by atoms with E-state index in [-0.39, 0.29) is 5.91 Å². The van der Waals surface area contributed by atoms with Gasteiger partial charge in [0.05, 0.1) is 0 Å². The van der Waals surface area contributed by atoms with Gasteiger partial charge >= 0.3 is 0 Å². The molecule has 1 amide bonds. The van der Waals surface area contributed by atoms with Gasteiger partial charge in [0.2, 0.25) is 0 Å². The highest BCUT2D eigenvalue weighted by atomic mass is 16.1. The van der Waals surface area contributed by atoms with Crippen LogP contribution in [0.25, 0.3) is 0 Å². The molecule has 0 spiro atoms. The Bertz CT molecular complexity index is 847. The van der Waals surface area contributed by atoms with Crippen LogP contribution in [0, 0.1) is 0 Å². The summed E-state index contributed by atoms with van der Waals surface area (Å²) >= 11 is 0. The van der Waals surface area contributed by atoms with E-state index in [0.29, 0.717) is 24.1 Å². The van der Waals surface area contributed by atoms with Crippen LogP contribution < -0.4 is 10.2 Å². The van der Waals surface area contributed by atoms with Crippen molar-refractivity contribution >= 4 is 11.7 Å². The van der Waals surface area contributed by atoms with Gasteiger partial charge in [-0.15, -0.1) is 0 Å². The second-order valence-electron chi connectivity index (χ2n) is 8.04. The standard InChI is InChI=1S/C22H26N4O/c27-22-19-18(10-12-23-22)21(25-20(24-19)17-8-9-17)26-13-4-7-16(11-14-26)15-5-2-1-3-6-15/h1-3,5-6,16-17H,4,7-14H2,(H,23,27). The number of amides is 1. The molecule has 1 N–H and O–H groups in total. The zero-order valence-corrected chi connectivity index (χ0v) is 15.7. The summed E-state index contributed by atoms with van der Waals surface area (Å²) in [5, 5.41) is 2.95.